The first-order chi connectivity index (χ1) is 7.43. The van der Waals surface area contributed by atoms with Crippen LogP contribution in [0.1, 0.15) is 11.7 Å². The molecule has 0 unspecified atom stereocenters. The summed E-state index contributed by atoms with van der Waals surface area (Å²) < 4.78 is 2.13. The molecule has 6 heteroatoms. The van der Waals surface area contributed by atoms with Crippen LogP contribution in [-0.4, -0.2) is 20.7 Å². The molecule has 0 spiro atoms. The Kier molecular flexibility index (Phi) is 2.71. The number of hydrogen-bond donors (Lipinski definition) is 2. The molecule has 1 aromatic carbocycles. The highest BCUT2D eigenvalue weighted by molar-refractivity contribution is 9.11. The van der Waals surface area contributed by atoms with E-state index in [1.165, 1.54) is 17.7 Å². The first-order valence-electron chi connectivity index (χ1n) is 4.35. The van der Waals surface area contributed by atoms with E-state index in [9.17, 15) is 15.0 Å². The summed E-state index contributed by atoms with van der Waals surface area (Å²) in [5, 5.41) is 19.8. The van der Waals surface area contributed by atoms with Crippen molar-refractivity contribution in [2.45, 2.75) is 6.92 Å². The van der Waals surface area contributed by atoms with Crippen molar-refractivity contribution in [3.05, 3.63) is 21.2 Å². The van der Waals surface area contributed by atoms with Gasteiger partial charge in [-0.05, 0) is 37.9 Å². The van der Waals surface area contributed by atoms with Crippen molar-refractivity contribution in [3.63, 3.8) is 0 Å². The smallest absolute Gasteiger partial charge is 0.228 e. The summed E-state index contributed by atoms with van der Waals surface area (Å²) in [4.78, 5) is 11.3. The van der Waals surface area contributed by atoms with Crippen molar-refractivity contribution in [2.24, 2.45) is 0 Å². The zero-order valence-electron chi connectivity index (χ0n) is 8.16. The number of aromatic nitrogens is 1. The molecule has 16 heavy (non-hydrogen) atoms. The second-order valence-corrected chi connectivity index (χ2v) is 4.97. The van der Waals surface area contributed by atoms with Gasteiger partial charge in [0.25, 0.3) is 0 Å². The average Bonchev–Trinajstić information content (AvgIpc) is 2.52. The SMILES string of the molecule is CC(=O)n1cc(O)c2c(Br)c(O)c(Br)cc21. The Morgan fingerprint density at radius 2 is 2.00 bits per heavy atom. The van der Waals surface area contributed by atoms with Crippen LogP contribution in [0, 0.1) is 0 Å². The van der Waals surface area contributed by atoms with Crippen LogP contribution < -0.4 is 0 Å². The first-order valence-corrected chi connectivity index (χ1v) is 5.94. The second kappa shape index (κ2) is 3.78. The number of phenolic OH excluding ortho intramolecular Hbond substituents is 1. The molecular weight excluding hydrogens is 342 g/mol. The third kappa shape index (κ3) is 1.53. The molecule has 2 aromatic rings. The quantitative estimate of drug-likeness (QED) is 0.768. The van der Waals surface area contributed by atoms with E-state index in [4.69, 9.17) is 0 Å². The number of rotatable bonds is 0. The molecular formula is C10H7Br2NO3. The maximum absolute atomic E-state index is 11.3. The van der Waals surface area contributed by atoms with Gasteiger partial charge in [0.1, 0.15) is 11.5 Å². The van der Waals surface area contributed by atoms with Crippen molar-refractivity contribution < 1.29 is 15.0 Å². The van der Waals surface area contributed by atoms with Crippen molar-refractivity contribution in [1.29, 1.82) is 0 Å². The fourth-order valence-corrected chi connectivity index (χ4v) is 2.85. The average molecular weight is 349 g/mol. The fourth-order valence-electron chi connectivity index (χ4n) is 1.55. The van der Waals surface area contributed by atoms with Crippen LogP contribution in [0.3, 0.4) is 0 Å². The molecule has 0 aliphatic carbocycles. The minimum atomic E-state index is -0.213. The van der Waals surface area contributed by atoms with E-state index in [0.717, 1.165) is 0 Å². The highest BCUT2D eigenvalue weighted by Crippen LogP contribution is 2.43. The van der Waals surface area contributed by atoms with E-state index in [1.54, 1.807) is 6.07 Å². The molecule has 0 saturated heterocycles. The molecule has 4 nitrogen and oxygen atoms in total. The van der Waals surface area contributed by atoms with Crippen molar-refractivity contribution in [2.75, 3.05) is 0 Å². The Balaban J connectivity index is 2.97. The topological polar surface area (TPSA) is 62.5 Å². The van der Waals surface area contributed by atoms with Gasteiger partial charge in [-0.2, -0.15) is 0 Å². The number of nitrogens with zero attached hydrogens (tertiary/aromatic N) is 1. The molecule has 0 saturated carbocycles. The Hall–Kier alpha value is -1.01. The van der Waals surface area contributed by atoms with Crippen LogP contribution in [0.2, 0.25) is 0 Å². The van der Waals surface area contributed by atoms with Crippen LogP contribution in [0.4, 0.5) is 0 Å². The Morgan fingerprint density at radius 3 is 2.56 bits per heavy atom. The van der Waals surface area contributed by atoms with E-state index in [-0.39, 0.29) is 17.4 Å². The van der Waals surface area contributed by atoms with Crippen LogP contribution >= 0.6 is 31.9 Å². The molecule has 0 bridgehead atoms. The van der Waals surface area contributed by atoms with Gasteiger partial charge in [-0.1, -0.05) is 0 Å². The number of halogens is 2. The van der Waals surface area contributed by atoms with E-state index >= 15 is 0 Å². The number of carbonyl (C=O) groups excluding carboxylic acids is 1. The van der Waals surface area contributed by atoms with Crippen molar-refractivity contribution >= 4 is 48.7 Å². The summed E-state index contributed by atoms with van der Waals surface area (Å²) >= 11 is 6.35. The Bertz CT molecular complexity index is 604. The second-order valence-electron chi connectivity index (χ2n) is 3.32. The predicted octanol–water partition coefficient (Wildman–Crippen LogP) is 3.24. The van der Waals surface area contributed by atoms with Crippen LogP contribution in [0.25, 0.3) is 10.9 Å². The summed E-state index contributed by atoms with van der Waals surface area (Å²) in [7, 11) is 0. The van der Waals surface area contributed by atoms with Gasteiger partial charge < -0.3 is 10.2 Å². The number of hydrogen-bond acceptors (Lipinski definition) is 3. The van der Waals surface area contributed by atoms with Gasteiger partial charge in [0, 0.05) is 6.92 Å². The fraction of sp³-hybridized carbons (Fsp3) is 0.100. The summed E-state index contributed by atoms with van der Waals surface area (Å²) in [6.45, 7) is 1.40. The van der Waals surface area contributed by atoms with Gasteiger partial charge in [0.2, 0.25) is 5.91 Å². The van der Waals surface area contributed by atoms with E-state index in [0.29, 0.717) is 19.8 Å². The molecule has 84 valence electrons. The normalized spacial score (nSPS) is 10.9. The lowest BCUT2D eigenvalue weighted by atomic mass is 10.2. The summed E-state index contributed by atoms with van der Waals surface area (Å²) in [6.07, 6.45) is 1.32. The third-order valence-corrected chi connectivity index (χ3v) is 3.66. The molecule has 0 atom stereocenters. The first kappa shape index (κ1) is 11.5. The minimum absolute atomic E-state index is 0.0101. The molecule has 1 aromatic heterocycles. The molecule has 1 heterocycles. The van der Waals surface area contributed by atoms with Gasteiger partial charge >= 0.3 is 0 Å². The zero-order valence-corrected chi connectivity index (χ0v) is 11.3. The third-order valence-electron chi connectivity index (χ3n) is 2.28. The zero-order chi connectivity index (χ0) is 12.0. The van der Waals surface area contributed by atoms with Gasteiger partial charge in [-0.3, -0.25) is 9.36 Å². The van der Waals surface area contributed by atoms with Gasteiger partial charge in [0.15, 0.2) is 0 Å². The van der Waals surface area contributed by atoms with Crippen LogP contribution in [0.15, 0.2) is 21.2 Å². The largest absolute Gasteiger partial charge is 0.506 e. The number of benzene rings is 1. The summed E-state index contributed by atoms with van der Waals surface area (Å²) in [6, 6.07) is 1.58. The number of aromatic hydroxyl groups is 2. The highest BCUT2D eigenvalue weighted by Gasteiger charge is 2.17. The Morgan fingerprint density at radius 1 is 1.38 bits per heavy atom. The highest BCUT2D eigenvalue weighted by atomic mass is 79.9. The molecule has 2 N–H and O–H groups in total. The number of fused-ring (bicyclic) bond motifs is 1. The molecule has 2 rings (SSSR count). The maximum Gasteiger partial charge on any atom is 0.228 e. The summed E-state index contributed by atoms with van der Waals surface area (Å²) in [5.74, 6) is -0.279. The maximum atomic E-state index is 11.3. The van der Waals surface area contributed by atoms with Gasteiger partial charge in [-0.25, -0.2) is 0 Å². The summed E-state index contributed by atoms with van der Waals surface area (Å²) in [5.41, 5.74) is 0.529. The lowest BCUT2D eigenvalue weighted by Crippen LogP contribution is -2.02. The number of carbonyl (C=O) groups is 1. The molecule has 0 fully saturated rings. The van der Waals surface area contributed by atoms with E-state index in [2.05, 4.69) is 31.9 Å². The lowest BCUT2D eigenvalue weighted by Gasteiger charge is -2.04. The molecule has 0 aliphatic heterocycles. The van der Waals surface area contributed by atoms with Crippen LogP contribution in [0.5, 0.6) is 11.5 Å². The monoisotopic (exact) mass is 347 g/mol. The molecule has 0 radical (unpaired) electrons. The molecule has 0 amide bonds. The van der Waals surface area contributed by atoms with E-state index < -0.39 is 0 Å². The number of phenols is 1. The standard InChI is InChI=1S/C10H7Br2NO3/c1-4(14)13-3-7(15)8-6(13)2-5(11)10(16)9(8)12/h2-3,15-16H,1H3. The van der Waals surface area contributed by atoms with Crippen molar-refractivity contribution in [3.8, 4) is 11.5 Å². The predicted molar refractivity (Wildman–Crippen MR) is 67.0 cm³/mol. The van der Waals surface area contributed by atoms with Crippen molar-refractivity contribution in [1.82, 2.24) is 4.57 Å². The van der Waals surface area contributed by atoms with Crippen LogP contribution in [-0.2, 0) is 0 Å². The molecule has 0 aliphatic rings. The van der Waals surface area contributed by atoms with Gasteiger partial charge in [-0.15, -0.1) is 0 Å². The van der Waals surface area contributed by atoms with E-state index in [1.807, 2.05) is 0 Å². The minimum Gasteiger partial charge on any atom is -0.506 e. The van der Waals surface area contributed by atoms with Gasteiger partial charge in [0.05, 0.1) is 26.0 Å². The Labute approximate surface area is 108 Å². The lowest BCUT2D eigenvalue weighted by molar-refractivity contribution is 0.0941.